The summed E-state index contributed by atoms with van der Waals surface area (Å²) in [6.45, 7) is 1.90. The molecule has 1 aromatic rings. The molecule has 6 nitrogen and oxygen atoms in total. The van der Waals surface area contributed by atoms with E-state index in [1.54, 1.807) is 31.2 Å². The minimum Gasteiger partial charge on any atom is -0.484 e. The van der Waals surface area contributed by atoms with Gasteiger partial charge < -0.3 is 14.4 Å². The van der Waals surface area contributed by atoms with Gasteiger partial charge in [-0.1, -0.05) is 0 Å². The standard InChI is InChI=1S/C14H16N2O4/c1-3-16(9-14(18)19-2)13(17)10-20-12-6-4-11(8-15)5-7-12/h4-7H,3,9-10H2,1-2H3. The van der Waals surface area contributed by atoms with E-state index in [0.717, 1.165) is 0 Å². The number of benzene rings is 1. The van der Waals surface area contributed by atoms with Gasteiger partial charge in [-0.3, -0.25) is 9.59 Å². The number of likely N-dealkylation sites (N-methyl/N-ethyl adjacent to an activating group) is 1. The van der Waals surface area contributed by atoms with Gasteiger partial charge in [0.05, 0.1) is 18.7 Å². The lowest BCUT2D eigenvalue weighted by Crippen LogP contribution is -2.38. The molecule has 0 saturated carbocycles. The predicted octanol–water partition coefficient (Wildman–Crippen LogP) is 0.959. The lowest BCUT2D eigenvalue weighted by molar-refractivity contribution is -0.147. The molecule has 1 aromatic carbocycles. The molecule has 0 radical (unpaired) electrons. The maximum Gasteiger partial charge on any atom is 0.325 e. The van der Waals surface area contributed by atoms with Gasteiger partial charge in [0, 0.05) is 6.54 Å². The van der Waals surface area contributed by atoms with Gasteiger partial charge in [0.15, 0.2) is 6.61 Å². The number of amides is 1. The van der Waals surface area contributed by atoms with E-state index in [4.69, 9.17) is 10.00 Å². The molecule has 6 heteroatoms. The highest BCUT2D eigenvalue weighted by molar-refractivity contribution is 5.83. The SMILES string of the molecule is CCN(CC(=O)OC)C(=O)COc1ccc(C#N)cc1. The van der Waals surface area contributed by atoms with Gasteiger partial charge in [-0.15, -0.1) is 0 Å². The third-order valence-electron chi connectivity index (χ3n) is 2.63. The highest BCUT2D eigenvalue weighted by atomic mass is 16.5. The van der Waals surface area contributed by atoms with Crippen LogP contribution in [0, 0.1) is 11.3 Å². The van der Waals surface area contributed by atoms with Crippen molar-refractivity contribution in [3.63, 3.8) is 0 Å². The van der Waals surface area contributed by atoms with Crippen LogP contribution in [0.2, 0.25) is 0 Å². The Kier molecular flexibility index (Phi) is 6.04. The van der Waals surface area contributed by atoms with E-state index in [9.17, 15) is 9.59 Å². The number of nitrogens with zero attached hydrogens (tertiary/aromatic N) is 2. The topological polar surface area (TPSA) is 79.6 Å². The largest absolute Gasteiger partial charge is 0.484 e. The fraction of sp³-hybridized carbons (Fsp3) is 0.357. The minimum atomic E-state index is -0.474. The number of carbonyl (C=O) groups excluding carboxylic acids is 2. The summed E-state index contributed by atoms with van der Waals surface area (Å²) in [5.41, 5.74) is 0.518. The Labute approximate surface area is 117 Å². The van der Waals surface area contributed by atoms with Crippen LogP contribution in [-0.2, 0) is 14.3 Å². The lowest BCUT2D eigenvalue weighted by Gasteiger charge is -2.19. The van der Waals surface area contributed by atoms with Crippen LogP contribution in [0.1, 0.15) is 12.5 Å². The summed E-state index contributed by atoms with van der Waals surface area (Å²) in [6, 6.07) is 8.43. The molecule has 0 aliphatic rings. The quantitative estimate of drug-likeness (QED) is 0.723. The van der Waals surface area contributed by atoms with Crippen LogP contribution in [-0.4, -0.2) is 43.6 Å². The molecule has 1 amide bonds. The first kappa shape index (κ1) is 15.5. The molecule has 0 spiro atoms. The molecule has 0 bridgehead atoms. The van der Waals surface area contributed by atoms with Crippen molar-refractivity contribution in [1.82, 2.24) is 4.90 Å². The van der Waals surface area contributed by atoms with E-state index in [1.807, 2.05) is 6.07 Å². The second-order valence-electron chi connectivity index (χ2n) is 3.91. The molecule has 0 heterocycles. The highest BCUT2D eigenvalue weighted by Crippen LogP contribution is 2.11. The van der Waals surface area contributed by atoms with Crippen LogP contribution in [0.5, 0.6) is 5.75 Å². The van der Waals surface area contributed by atoms with Crippen LogP contribution in [0.25, 0.3) is 0 Å². The van der Waals surface area contributed by atoms with Crippen molar-refractivity contribution in [3.05, 3.63) is 29.8 Å². The summed E-state index contributed by atoms with van der Waals surface area (Å²) in [4.78, 5) is 24.3. The number of hydrogen-bond donors (Lipinski definition) is 0. The highest BCUT2D eigenvalue weighted by Gasteiger charge is 2.16. The Hall–Kier alpha value is -2.55. The van der Waals surface area contributed by atoms with E-state index < -0.39 is 5.97 Å². The second kappa shape index (κ2) is 7.79. The number of esters is 1. The molecule has 0 aliphatic heterocycles. The van der Waals surface area contributed by atoms with E-state index in [1.165, 1.54) is 12.0 Å². The number of carbonyl (C=O) groups is 2. The summed E-state index contributed by atoms with van der Waals surface area (Å²) in [6.07, 6.45) is 0. The van der Waals surface area contributed by atoms with Crippen LogP contribution in [0.4, 0.5) is 0 Å². The third-order valence-corrected chi connectivity index (χ3v) is 2.63. The molecule has 0 aliphatic carbocycles. The second-order valence-corrected chi connectivity index (χ2v) is 3.91. The average molecular weight is 276 g/mol. The molecule has 1 rings (SSSR count). The maximum absolute atomic E-state index is 11.9. The summed E-state index contributed by atoms with van der Waals surface area (Å²) < 4.78 is 9.83. The van der Waals surface area contributed by atoms with E-state index in [-0.39, 0.29) is 19.1 Å². The molecule has 0 atom stereocenters. The third kappa shape index (κ3) is 4.61. The molecular weight excluding hydrogens is 260 g/mol. The number of hydrogen-bond acceptors (Lipinski definition) is 5. The first-order valence-corrected chi connectivity index (χ1v) is 6.08. The van der Waals surface area contributed by atoms with Crippen molar-refractivity contribution in [1.29, 1.82) is 5.26 Å². The summed E-state index contributed by atoms with van der Waals surface area (Å²) >= 11 is 0. The average Bonchev–Trinajstić information content (AvgIpc) is 2.50. The molecule has 106 valence electrons. The summed E-state index contributed by atoms with van der Waals surface area (Å²) in [5, 5.41) is 8.66. The van der Waals surface area contributed by atoms with Gasteiger partial charge in [0.2, 0.25) is 0 Å². The van der Waals surface area contributed by atoms with Crippen LogP contribution in [0.3, 0.4) is 0 Å². The van der Waals surface area contributed by atoms with Gasteiger partial charge in [-0.25, -0.2) is 0 Å². The Morgan fingerprint density at radius 3 is 2.45 bits per heavy atom. The molecule has 0 N–H and O–H groups in total. The molecule has 0 aromatic heterocycles. The summed E-state index contributed by atoms with van der Waals surface area (Å²) in [5.74, 6) is -0.285. The fourth-order valence-electron chi connectivity index (χ4n) is 1.46. The van der Waals surface area contributed by atoms with Crippen LogP contribution >= 0.6 is 0 Å². The monoisotopic (exact) mass is 276 g/mol. The van der Waals surface area contributed by atoms with E-state index >= 15 is 0 Å². The van der Waals surface area contributed by atoms with Crippen LogP contribution in [0.15, 0.2) is 24.3 Å². The predicted molar refractivity (Wildman–Crippen MR) is 70.9 cm³/mol. The van der Waals surface area contributed by atoms with Crippen molar-refractivity contribution in [3.8, 4) is 11.8 Å². The number of methoxy groups -OCH3 is 1. The Morgan fingerprint density at radius 1 is 1.30 bits per heavy atom. The van der Waals surface area contributed by atoms with Crippen molar-refractivity contribution in [2.75, 3.05) is 26.8 Å². The molecular formula is C14H16N2O4. The van der Waals surface area contributed by atoms with Crippen LogP contribution < -0.4 is 4.74 Å². The minimum absolute atomic E-state index is 0.0947. The van der Waals surface area contributed by atoms with Crippen molar-refractivity contribution in [2.45, 2.75) is 6.92 Å². The number of ether oxygens (including phenoxy) is 2. The van der Waals surface area contributed by atoms with Gasteiger partial charge >= 0.3 is 5.97 Å². The summed E-state index contributed by atoms with van der Waals surface area (Å²) in [7, 11) is 1.27. The lowest BCUT2D eigenvalue weighted by atomic mass is 10.2. The Morgan fingerprint density at radius 2 is 1.95 bits per heavy atom. The Bertz CT molecular complexity index is 505. The molecule has 20 heavy (non-hydrogen) atoms. The van der Waals surface area contributed by atoms with Crippen molar-refractivity contribution < 1.29 is 19.1 Å². The van der Waals surface area contributed by atoms with Gasteiger partial charge in [-0.2, -0.15) is 5.26 Å². The van der Waals surface area contributed by atoms with E-state index in [0.29, 0.717) is 17.9 Å². The van der Waals surface area contributed by atoms with Crippen molar-refractivity contribution >= 4 is 11.9 Å². The fourth-order valence-corrected chi connectivity index (χ4v) is 1.46. The zero-order valence-electron chi connectivity index (χ0n) is 11.5. The normalized spacial score (nSPS) is 9.45. The zero-order chi connectivity index (χ0) is 15.0. The van der Waals surface area contributed by atoms with E-state index in [2.05, 4.69) is 4.74 Å². The van der Waals surface area contributed by atoms with Crippen molar-refractivity contribution in [2.24, 2.45) is 0 Å². The van der Waals surface area contributed by atoms with Gasteiger partial charge in [0.1, 0.15) is 12.3 Å². The smallest absolute Gasteiger partial charge is 0.325 e. The van der Waals surface area contributed by atoms with Gasteiger partial charge in [-0.05, 0) is 31.2 Å². The number of rotatable bonds is 6. The molecule has 0 saturated heterocycles. The van der Waals surface area contributed by atoms with Gasteiger partial charge in [0.25, 0.3) is 5.91 Å². The number of nitriles is 1. The zero-order valence-corrected chi connectivity index (χ0v) is 11.5. The molecule has 0 fully saturated rings. The first-order chi connectivity index (χ1) is 9.60. The first-order valence-electron chi connectivity index (χ1n) is 6.08. The Balaban J connectivity index is 2.52. The maximum atomic E-state index is 11.9. The molecule has 0 unspecified atom stereocenters.